The third-order valence-electron chi connectivity index (χ3n) is 1.87. The molecule has 2 rings (SSSR count). The first kappa shape index (κ1) is 8.16. The molecule has 2 nitrogen and oxygen atoms in total. The van der Waals surface area contributed by atoms with Crippen LogP contribution in [0.5, 0.6) is 0 Å². The van der Waals surface area contributed by atoms with Gasteiger partial charge in [0.25, 0.3) is 0 Å². The Balaban J connectivity index is 2.49. The fraction of sp³-hybridized carbons (Fsp3) is 0.222. The second-order valence-corrected chi connectivity index (χ2v) is 2.75. The number of hydrogen-bond acceptors (Lipinski definition) is 2. The van der Waals surface area contributed by atoms with E-state index in [1.54, 1.807) is 0 Å². The minimum absolute atomic E-state index is 0.0556. The first-order valence-electron chi connectivity index (χ1n) is 4.02. The molecule has 0 spiro atoms. The molecule has 0 aromatic heterocycles. The molecule has 0 aliphatic carbocycles. The molecule has 0 fully saturated rings. The molecule has 1 aromatic carbocycles. The van der Waals surface area contributed by atoms with Gasteiger partial charge in [-0.05, 0) is 12.1 Å². The van der Waals surface area contributed by atoms with Crippen molar-refractivity contribution in [1.82, 2.24) is 5.32 Å². The topological polar surface area (TPSA) is 24.4 Å². The Hall–Kier alpha value is -1.45. The van der Waals surface area contributed by atoms with Crippen molar-refractivity contribution >= 4 is 5.84 Å². The van der Waals surface area contributed by atoms with E-state index in [0.29, 0.717) is 18.9 Å². The summed E-state index contributed by atoms with van der Waals surface area (Å²) in [6.07, 6.45) is 0. The Bertz CT molecular complexity index is 340. The highest BCUT2D eigenvalue weighted by Gasteiger charge is 2.16. The molecule has 0 bridgehead atoms. The molecule has 13 heavy (non-hydrogen) atoms. The first-order chi connectivity index (χ1) is 6.29. The van der Waals surface area contributed by atoms with Crippen LogP contribution in [0.3, 0.4) is 0 Å². The van der Waals surface area contributed by atoms with Crippen LogP contribution in [0.25, 0.3) is 0 Å². The van der Waals surface area contributed by atoms with E-state index in [1.165, 1.54) is 18.2 Å². The predicted molar refractivity (Wildman–Crippen MR) is 45.8 cm³/mol. The van der Waals surface area contributed by atoms with Gasteiger partial charge in [-0.2, -0.15) is 0 Å². The highest BCUT2D eigenvalue weighted by atomic mass is 19.1. The quantitative estimate of drug-likeness (QED) is 0.695. The van der Waals surface area contributed by atoms with E-state index in [0.717, 1.165) is 0 Å². The number of hydrogen-bond donors (Lipinski definition) is 1. The largest absolute Gasteiger partial charge is 0.368 e. The van der Waals surface area contributed by atoms with E-state index in [1.807, 2.05) is 0 Å². The van der Waals surface area contributed by atoms with Crippen LogP contribution in [0.1, 0.15) is 5.56 Å². The Morgan fingerprint density at radius 2 is 1.92 bits per heavy atom. The lowest BCUT2D eigenvalue weighted by Gasteiger charge is -2.04. The second kappa shape index (κ2) is 3.12. The number of benzene rings is 1. The highest BCUT2D eigenvalue weighted by molar-refractivity contribution is 6.00. The van der Waals surface area contributed by atoms with Crippen molar-refractivity contribution in [2.24, 2.45) is 4.99 Å². The summed E-state index contributed by atoms with van der Waals surface area (Å²) in [5.41, 5.74) is -0.0556. The van der Waals surface area contributed by atoms with Crippen LogP contribution < -0.4 is 5.32 Å². The van der Waals surface area contributed by atoms with Crippen molar-refractivity contribution in [2.45, 2.75) is 0 Å². The molecule has 1 aliphatic heterocycles. The number of rotatable bonds is 1. The van der Waals surface area contributed by atoms with Crippen LogP contribution in [0.4, 0.5) is 8.78 Å². The number of nitrogens with zero attached hydrogens (tertiary/aromatic N) is 1. The summed E-state index contributed by atoms with van der Waals surface area (Å²) in [5, 5.41) is 2.82. The molecular formula is C9H8F2N2. The average Bonchev–Trinajstić information content (AvgIpc) is 2.57. The Morgan fingerprint density at radius 3 is 2.46 bits per heavy atom. The van der Waals surface area contributed by atoms with Gasteiger partial charge in [0.2, 0.25) is 0 Å². The van der Waals surface area contributed by atoms with Crippen molar-refractivity contribution in [3.8, 4) is 0 Å². The predicted octanol–water partition coefficient (Wildman–Crippen LogP) is 1.31. The molecule has 1 N–H and O–H groups in total. The maximum atomic E-state index is 13.1. The summed E-state index contributed by atoms with van der Waals surface area (Å²) in [4.78, 5) is 3.95. The van der Waals surface area contributed by atoms with Crippen molar-refractivity contribution in [3.05, 3.63) is 35.4 Å². The van der Waals surface area contributed by atoms with Crippen molar-refractivity contribution < 1.29 is 8.78 Å². The summed E-state index contributed by atoms with van der Waals surface area (Å²) < 4.78 is 26.3. The number of amidine groups is 1. The highest BCUT2D eigenvalue weighted by Crippen LogP contribution is 2.13. The normalized spacial score (nSPS) is 15.4. The fourth-order valence-corrected chi connectivity index (χ4v) is 1.29. The van der Waals surface area contributed by atoms with Gasteiger partial charge in [0.05, 0.1) is 12.1 Å². The molecule has 0 atom stereocenters. The Kier molecular flexibility index (Phi) is 1.96. The zero-order valence-electron chi connectivity index (χ0n) is 6.85. The van der Waals surface area contributed by atoms with Gasteiger partial charge in [-0.15, -0.1) is 0 Å². The monoisotopic (exact) mass is 182 g/mol. The Labute approximate surface area is 74.3 Å². The van der Waals surface area contributed by atoms with Gasteiger partial charge in [-0.1, -0.05) is 6.07 Å². The molecule has 0 radical (unpaired) electrons. The van der Waals surface area contributed by atoms with E-state index in [2.05, 4.69) is 10.3 Å². The van der Waals surface area contributed by atoms with E-state index < -0.39 is 11.6 Å². The molecule has 1 aromatic rings. The smallest absolute Gasteiger partial charge is 0.137 e. The van der Waals surface area contributed by atoms with Gasteiger partial charge in [0, 0.05) is 6.54 Å². The SMILES string of the molecule is Fc1cccc(F)c1C1=NCCN1. The maximum absolute atomic E-state index is 13.1. The maximum Gasteiger partial charge on any atom is 0.137 e. The van der Waals surface area contributed by atoms with Crippen LogP contribution in [0, 0.1) is 11.6 Å². The molecule has 1 aliphatic rings. The second-order valence-electron chi connectivity index (χ2n) is 2.75. The van der Waals surface area contributed by atoms with E-state index >= 15 is 0 Å². The Morgan fingerprint density at radius 1 is 1.23 bits per heavy atom. The van der Waals surface area contributed by atoms with Crippen molar-refractivity contribution in [1.29, 1.82) is 0 Å². The zero-order chi connectivity index (χ0) is 9.26. The van der Waals surface area contributed by atoms with Crippen LogP contribution in [-0.4, -0.2) is 18.9 Å². The lowest BCUT2D eigenvalue weighted by Crippen LogP contribution is -2.21. The minimum atomic E-state index is -0.576. The first-order valence-corrected chi connectivity index (χ1v) is 4.02. The van der Waals surface area contributed by atoms with E-state index in [4.69, 9.17) is 0 Å². The standard InChI is InChI=1S/C9H8F2N2/c10-6-2-1-3-7(11)8(6)9-12-4-5-13-9/h1-3H,4-5H2,(H,12,13). The minimum Gasteiger partial charge on any atom is -0.368 e. The molecule has 0 amide bonds. The summed E-state index contributed by atoms with van der Waals surface area (Å²) in [7, 11) is 0. The summed E-state index contributed by atoms with van der Waals surface area (Å²) in [6.45, 7) is 1.21. The molecule has 4 heteroatoms. The zero-order valence-corrected chi connectivity index (χ0v) is 6.85. The summed E-state index contributed by atoms with van der Waals surface area (Å²) in [6, 6.07) is 3.78. The molecule has 68 valence electrons. The van der Waals surface area contributed by atoms with Gasteiger partial charge >= 0.3 is 0 Å². The third kappa shape index (κ3) is 1.39. The molecular weight excluding hydrogens is 174 g/mol. The van der Waals surface area contributed by atoms with Gasteiger partial charge in [0.1, 0.15) is 17.5 Å². The van der Waals surface area contributed by atoms with E-state index in [-0.39, 0.29) is 5.56 Å². The molecule has 0 saturated carbocycles. The lowest BCUT2D eigenvalue weighted by atomic mass is 10.2. The summed E-state index contributed by atoms with van der Waals surface area (Å²) in [5.74, 6) is -0.836. The van der Waals surface area contributed by atoms with Gasteiger partial charge in [0.15, 0.2) is 0 Å². The van der Waals surface area contributed by atoms with Crippen LogP contribution in [0.2, 0.25) is 0 Å². The average molecular weight is 182 g/mol. The third-order valence-corrected chi connectivity index (χ3v) is 1.87. The number of nitrogens with one attached hydrogen (secondary N) is 1. The molecule has 0 unspecified atom stereocenters. The summed E-state index contributed by atoms with van der Waals surface area (Å²) >= 11 is 0. The number of halogens is 2. The van der Waals surface area contributed by atoms with Gasteiger partial charge in [-0.3, -0.25) is 4.99 Å². The fourth-order valence-electron chi connectivity index (χ4n) is 1.29. The van der Waals surface area contributed by atoms with E-state index in [9.17, 15) is 8.78 Å². The van der Waals surface area contributed by atoms with Gasteiger partial charge in [-0.25, -0.2) is 8.78 Å². The van der Waals surface area contributed by atoms with Gasteiger partial charge < -0.3 is 5.32 Å². The molecule has 0 saturated heterocycles. The van der Waals surface area contributed by atoms with Crippen molar-refractivity contribution in [2.75, 3.05) is 13.1 Å². The number of aliphatic imine (C=N–C) groups is 1. The molecule has 1 heterocycles. The van der Waals surface area contributed by atoms with Crippen LogP contribution in [0.15, 0.2) is 23.2 Å². The van der Waals surface area contributed by atoms with Crippen LogP contribution >= 0.6 is 0 Å². The van der Waals surface area contributed by atoms with Crippen LogP contribution in [-0.2, 0) is 0 Å². The lowest BCUT2D eigenvalue weighted by molar-refractivity contribution is 0.578. The van der Waals surface area contributed by atoms with Crippen molar-refractivity contribution in [3.63, 3.8) is 0 Å².